The molecule has 1 rings (SSSR count). The number of hydrogen-bond donors (Lipinski definition) is 3. The van der Waals surface area contributed by atoms with Gasteiger partial charge in [-0.25, -0.2) is 4.79 Å². The molecule has 2 unspecified atom stereocenters. The minimum atomic E-state index is -2.16. The summed E-state index contributed by atoms with van der Waals surface area (Å²) in [6.07, 6.45) is 3.74. The zero-order valence-electron chi connectivity index (χ0n) is 5.64. The second kappa shape index (κ2) is 2.48. The van der Waals surface area contributed by atoms with E-state index < -0.39 is 17.7 Å². The average molecular weight is 156 g/mol. The Kier molecular flexibility index (Phi) is 1.80. The molecule has 4 nitrogen and oxygen atoms in total. The van der Waals surface area contributed by atoms with E-state index in [0.717, 1.165) is 6.08 Å². The minimum Gasteiger partial charge on any atom is -0.479 e. The highest BCUT2D eigenvalue weighted by Gasteiger charge is 2.40. The third-order valence-electron chi connectivity index (χ3n) is 1.55. The molecule has 0 aromatic rings. The summed E-state index contributed by atoms with van der Waals surface area (Å²) in [6.45, 7) is 0. The van der Waals surface area contributed by atoms with Gasteiger partial charge in [0.1, 0.15) is 6.10 Å². The maximum absolute atomic E-state index is 10.4. The van der Waals surface area contributed by atoms with Gasteiger partial charge in [-0.15, -0.1) is 0 Å². The standard InChI is InChI=1S/C7H8O4/c8-5-3-1-2-4-7(5,11)6(9)10/h1-5,8,11H,(H,9,10). The normalized spacial score (nSPS) is 35.6. The smallest absolute Gasteiger partial charge is 0.342 e. The van der Waals surface area contributed by atoms with Gasteiger partial charge in [0.15, 0.2) is 0 Å². The SMILES string of the molecule is O=C(O)C1(O)C=CC=CC1O. The Balaban J connectivity index is 2.94. The van der Waals surface area contributed by atoms with Gasteiger partial charge in [-0.3, -0.25) is 0 Å². The van der Waals surface area contributed by atoms with Gasteiger partial charge in [0.2, 0.25) is 5.60 Å². The number of aliphatic carboxylic acids is 1. The van der Waals surface area contributed by atoms with E-state index in [4.69, 9.17) is 10.2 Å². The number of hydrogen-bond acceptors (Lipinski definition) is 3. The Bertz CT molecular complexity index is 231. The summed E-state index contributed by atoms with van der Waals surface area (Å²) in [4.78, 5) is 10.4. The van der Waals surface area contributed by atoms with Crippen molar-refractivity contribution in [2.45, 2.75) is 11.7 Å². The zero-order chi connectivity index (χ0) is 8.48. The lowest BCUT2D eigenvalue weighted by Gasteiger charge is -2.24. The van der Waals surface area contributed by atoms with Crippen molar-refractivity contribution in [3.05, 3.63) is 24.3 Å². The van der Waals surface area contributed by atoms with Crippen molar-refractivity contribution in [3.63, 3.8) is 0 Å². The Morgan fingerprint density at radius 2 is 2.09 bits per heavy atom. The molecule has 2 atom stereocenters. The van der Waals surface area contributed by atoms with Gasteiger partial charge in [-0.2, -0.15) is 0 Å². The Hall–Kier alpha value is -1.13. The van der Waals surface area contributed by atoms with Crippen molar-refractivity contribution in [2.24, 2.45) is 0 Å². The Morgan fingerprint density at radius 1 is 1.45 bits per heavy atom. The summed E-state index contributed by atoms with van der Waals surface area (Å²) in [5.41, 5.74) is -2.16. The highest BCUT2D eigenvalue weighted by Crippen LogP contribution is 2.17. The molecule has 0 aromatic heterocycles. The van der Waals surface area contributed by atoms with Crippen LogP contribution in [0.15, 0.2) is 24.3 Å². The van der Waals surface area contributed by atoms with Crippen LogP contribution in [0.5, 0.6) is 0 Å². The summed E-state index contributed by atoms with van der Waals surface area (Å²) < 4.78 is 0. The molecule has 0 fully saturated rings. The molecule has 0 aromatic carbocycles. The number of aliphatic hydroxyl groups is 2. The van der Waals surface area contributed by atoms with Crippen LogP contribution >= 0.6 is 0 Å². The van der Waals surface area contributed by atoms with Crippen LogP contribution in [0.25, 0.3) is 0 Å². The molecule has 0 bridgehead atoms. The summed E-state index contributed by atoms with van der Waals surface area (Å²) in [5.74, 6) is -1.45. The summed E-state index contributed by atoms with van der Waals surface area (Å²) in [5, 5.41) is 26.7. The summed E-state index contributed by atoms with van der Waals surface area (Å²) in [6, 6.07) is 0. The third kappa shape index (κ3) is 1.18. The third-order valence-corrected chi connectivity index (χ3v) is 1.55. The number of rotatable bonds is 1. The number of allylic oxidation sites excluding steroid dienone is 2. The first-order chi connectivity index (χ1) is 5.07. The topological polar surface area (TPSA) is 77.8 Å². The molecule has 0 heterocycles. The van der Waals surface area contributed by atoms with Crippen molar-refractivity contribution in [3.8, 4) is 0 Å². The van der Waals surface area contributed by atoms with E-state index in [2.05, 4.69) is 0 Å². The maximum atomic E-state index is 10.4. The number of carbonyl (C=O) groups is 1. The molecular formula is C7H8O4. The summed E-state index contributed by atoms with van der Waals surface area (Å²) in [7, 11) is 0. The average Bonchev–Trinajstić information content (AvgIpc) is 1.95. The molecule has 0 spiro atoms. The van der Waals surface area contributed by atoms with E-state index in [1.165, 1.54) is 18.2 Å². The highest BCUT2D eigenvalue weighted by atomic mass is 16.4. The van der Waals surface area contributed by atoms with Crippen LogP contribution in [0.2, 0.25) is 0 Å². The fourth-order valence-corrected chi connectivity index (χ4v) is 0.815. The molecule has 60 valence electrons. The largest absolute Gasteiger partial charge is 0.479 e. The zero-order valence-corrected chi connectivity index (χ0v) is 5.64. The molecule has 0 aliphatic heterocycles. The number of carboxylic acids is 1. The fraction of sp³-hybridized carbons (Fsp3) is 0.286. The maximum Gasteiger partial charge on any atom is 0.342 e. The first-order valence-electron chi connectivity index (χ1n) is 3.07. The number of carboxylic acid groups (broad SMARTS) is 1. The molecule has 0 saturated heterocycles. The first kappa shape index (κ1) is 7.97. The first-order valence-corrected chi connectivity index (χ1v) is 3.07. The van der Waals surface area contributed by atoms with Gasteiger partial charge in [0.25, 0.3) is 0 Å². The Labute approximate surface area is 63.1 Å². The van der Waals surface area contributed by atoms with Crippen molar-refractivity contribution in [2.75, 3.05) is 0 Å². The quantitative estimate of drug-likeness (QED) is 0.468. The van der Waals surface area contributed by atoms with Crippen molar-refractivity contribution >= 4 is 5.97 Å². The van der Waals surface area contributed by atoms with Gasteiger partial charge in [0.05, 0.1) is 0 Å². The van der Waals surface area contributed by atoms with Crippen LogP contribution in [0.4, 0.5) is 0 Å². The minimum absolute atomic E-state index is 1.04. The van der Waals surface area contributed by atoms with Gasteiger partial charge < -0.3 is 15.3 Å². The predicted molar refractivity (Wildman–Crippen MR) is 36.9 cm³/mol. The molecule has 11 heavy (non-hydrogen) atoms. The van der Waals surface area contributed by atoms with Gasteiger partial charge in [-0.05, 0) is 6.08 Å². The van der Waals surface area contributed by atoms with E-state index in [1.54, 1.807) is 0 Å². The van der Waals surface area contributed by atoms with E-state index in [0.29, 0.717) is 0 Å². The lowest BCUT2D eigenvalue weighted by atomic mass is 9.93. The van der Waals surface area contributed by atoms with E-state index in [-0.39, 0.29) is 0 Å². The molecule has 3 N–H and O–H groups in total. The lowest BCUT2D eigenvalue weighted by molar-refractivity contribution is -0.160. The molecule has 4 heteroatoms. The van der Waals surface area contributed by atoms with Crippen molar-refractivity contribution in [1.82, 2.24) is 0 Å². The second-order valence-electron chi connectivity index (χ2n) is 2.32. The molecule has 1 aliphatic rings. The molecule has 1 aliphatic carbocycles. The monoisotopic (exact) mass is 156 g/mol. The van der Waals surface area contributed by atoms with Crippen LogP contribution in [0.3, 0.4) is 0 Å². The number of aliphatic hydroxyl groups excluding tert-OH is 1. The van der Waals surface area contributed by atoms with Crippen molar-refractivity contribution < 1.29 is 20.1 Å². The van der Waals surface area contributed by atoms with Gasteiger partial charge in [-0.1, -0.05) is 18.2 Å². The van der Waals surface area contributed by atoms with Crippen LogP contribution in [0, 0.1) is 0 Å². The van der Waals surface area contributed by atoms with Gasteiger partial charge in [0, 0.05) is 0 Å². The van der Waals surface area contributed by atoms with E-state index in [1.807, 2.05) is 0 Å². The fourth-order valence-electron chi connectivity index (χ4n) is 0.815. The van der Waals surface area contributed by atoms with Crippen LogP contribution in [0.1, 0.15) is 0 Å². The van der Waals surface area contributed by atoms with E-state index in [9.17, 15) is 9.90 Å². The lowest BCUT2D eigenvalue weighted by Crippen LogP contribution is -2.47. The summed E-state index contributed by atoms with van der Waals surface area (Å²) >= 11 is 0. The van der Waals surface area contributed by atoms with E-state index >= 15 is 0 Å². The highest BCUT2D eigenvalue weighted by molar-refractivity contribution is 5.81. The van der Waals surface area contributed by atoms with Crippen LogP contribution < -0.4 is 0 Å². The molecule has 0 saturated carbocycles. The Morgan fingerprint density at radius 3 is 2.45 bits per heavy atom. The van der Waals surface area contributed by atoms with Gasteiger partial charge >= 0.3 is 5.97 Å². The van der Waals surface area contributed by atoms with Crippen LogP contribution in [-0.2, 0) is 4.79 Å². The van der Waals surface area contributed by atoms with Crippen molar-refractivity contribution in [1.29, 1.82) is 0 Å². The molecule has 0 radical (unpaired) electrons. The van der Waals surface area contributed by atoms with Crippen LogP contribution in [-0.4, -0.2) is 33.0 Å². The second-order valence-corrected chi connectivity index (χ2v) is 2.32. The predicted octanol–water partition coefficient (Wildman–Crippen LogP) is -0.711. The molecular weight excluding hydrogens is 148 g/mol. The molecule has 0 amide bonds.